The highest BCUT2D eigenvalue weighted by molar-refractivity contribution is 7.18. The summed E-state index contributed by atoms with van der Waals surface area (Å²) in [5, 5.41) is 15.1. The van der Waals surface area contributed by atoms with E-state index in [2.05, 4.69) is 10.3 Å². The number of amides is 1. The molecule has 162 valence electrons. The van der Waals surface area contributed by atoms with Crippen LogP contribution in [0.5, 0.6) is 5.75 Å². The lowest BCUT2D eigenvalue weighted by atomic mass is 9.96. The molecule has 32 heavy (non-hydrogen) atoms. The highest BCUT2D eigenvalue weighted by Gasteiger charge is 2.43. The molecule has 0 spiro atoms. The van der Waals surface area contributed by atoms with Crippen LogP contribution in [-0.4, -0.2) is 27.5 Å². The Kier molecular flexibility index (Phi) is 5.27. The van der Waals surface area contributed by atoms with Gasteiger partial charge in [0.25, 0.3) is 5.91 Å². The van der Waals surface area contributed by atoms with Crippen molar-refractivity contribution in [3.8, 4) is 5.75 Å². The molecule has 0 radical (unpaired) electrons. The lowest BCUT2D eigenvalue weighted by molar-refractivity contribution is -0.144. The third kappa shape index (κ3) is 3.69. The zero-order valence-electron chi connectivity index (χ0n) is 17.3. The highest BCUT2D eigenvalue weighted by Crippen LogP contribution is 2.34. The Morgan fingerprint density at radius 2 is 1.78 bits per heavy atom. The first-order chi connectivity index (χ1) is 15.6. The van der Waals surface area contributed by atoms with Crippen LogP contribution in [0.3, 0.4) is 0 Å². The number of carboxylic acids is 1. The molecule has 1 amide bonds. The number of hydrogen-bond donors (Lipinski definition) is 2. The summed E-state index contributed by atoms with van der Waals surface area (Å²) in [6.45, 7) is 0.220. The molecule has 0 bridgehead atoms. The minimum Gasteiger partial charge on any atom is -0.485 e. The van der Waals surface area contributed by atoms with Crippen molar-refractivity contribution < 1.29 is 19.4 Å². The molecule has 1 fully saturated rings. The number of nitrogens with one attached hydrogen (secondary N) is 1. The highest BCUT2D eigenvalue weighted by atomic mass is 32.1. The van der Waals surface area contributed by atoms with E-state index in [0.29, 0.717) is 24.2 Å². The predicted molar refractivity (Wildman–Crippen MR) is 124 cm³/mol. The SMILES string of the molecule is O=C(NC1(C(=O)O)CCCC1)c1ccc2ccccc2c1OCc1nc2ccccc2s1. The molecule has 1 aromatic heterocycles. The van der Waals surface area contributed by atoms with E-state index in [1.165, 1.54) is 0 Å². The molecule has 2 N–H and O–H groups in total. The van der Waals surface area contributed by atoms with Gasteiger partial charge in [-0.25, -0.2) is 9.78 Å². The fourth-order valence-corrected chi connectivity index (χ4v) is 5.23. The summed E-state index contributed by atoms with van der Waals surface area (Å²) >= 11 is 1.55. The molecule has 0 atom stereocenters. The van der Waals surface area contributed by atoms with Gasteiger partial charge in [0.15, 0.2) is 0 Å². The number of ether oxygens (including phenoxy) is 1. The molecule has 1 heterocycles. The number of carbonyl (C=O) groups is 2. The Labute approximate surface area is 188 Å². The standard InChI is InChI=1S/C25H22N2O4S/c28-23(27-25(24(29)30)13-5-6-14-25)18-12-11-16-7-1-2-8-17(16)22(18)31-15-21-26-19-9-3-4-10-20(19)32-21/h1-4,7-12H,5-6,13-15H2,(H,27,28)(H,29,30). The molecule has 0 aliphatic heterocycles. The van der Waals surface area contributed by atoms with Gasteiger partial charge in [0, 0.05) is 5.39 Å². The maximum Gasteiger partial charge on any atom is 0.329 e. The van der Waals surface area contributed by atoms with Crippen molar-refractivity contribution in [2.24, 2.45) is 0 Å². The van der Waals surface area contributed by atoms with Crippen LogP contribution in [0, 0.1) is 0 Å². The number of carbonyl (C=O) groups excluding carboxylic acids is 1. The van der Waals surface area contributed by atoms with Crippen molar-refractivity contribution in [3.05, 3.63) is 71.2 Å². The van der Waals surface area contributed by atoms with Crippen LogP contribution in [0.4, 0.5) is 0 Å². The van der Waals surface area contributed by atoms with Crippen LogP contribution in [0.2, 0.25) is 0 Å². The van der Waals surface area contributed by atoms with Gasteiger partial charge in [0.05, 0.1) is 15.8 Å². The van der Waals surface area contributed by atoms with Crippen LogP contribution in [0.25, 0.3) is 21.0 Å². The third-order valence-corrected chi connectivity index (χ3v) is 7.03. The summed E-state index contributed by atoms with van der Waals surface area (Å²) in [7, 11) is 0. The Morgan fingerprint density at radius 3 is 2.56 bits per heavy atom. The maximum atomic E-state index is 13.3. The van der Waals surface area contributed by atoms with E-state index in [4.69, 9.17) is 4.74 Å². The average molecular weight is 447 g/mol. The predicted octanol–water partition coefficient (Wildman–Crippen LogP) is 5.16. The van der Waals surface area contributed by atoms with Gasteiger partial charge in [-0.15, -0.1) is 11.3 Å². The van der Waals surface area contributed by atoms with Crippen molar-refractivity contribution in [1.82, 2.24) is 10.3 Å². The van der Waals surface area contributed by atoms with Crippen LogP contribution in [0.1, 0.15) is 41.0 Å². The van der Waals surface area contributed by atoms with Gasteiger partial charge in [-0.3, -0.25) is 4.79 Å². The van der Waals surface area contributed by atoms with E-state index in [0.717, 1.165) is 38.8 Å². The number of carboxylic acid groups (broad SMARTS) is 1. The van der Waals surface area contributed by atoms with Crippen molar-refractivity contribution in [1.29, 1.82) is 0 Å². The number of rotatable bonds is 6. The van der Waals surface area contributed by atoms with Gasteiger partial charge in [0.2, 0.25) is 0 Å². The molecule has 0 saturated heterocycles. The van der Waals surface area contributed by atoms with E-state index >= 15 is 0 Å². The largest absolute Gasteiger partial charge is 0.485 e. The molecule has 5 rings (SSSR count). The van der Waals surface area contributed by atoms with Crippen molar-refractivity contribution >= 4 is 44.2 Å². The lowest BCUT2D eigenvalue weighted by Crippen LogP contribution is -2.52. The van der Waals surface area contributed by atoms with E-state index in [9.17, 15) is 14.7 Å². The Hall–Kier alpha value is -3.45. The quantitative estimate of drug-likeness (QED) is 0.427. The van der Waals surface area contributed by atoms with Gasteiger partial charge in [-0.05, 0) is 36.4 Å². The number of aliphatic carboxylic acids is 1. The lowest BCUT2D eigenvalue weighted by Gasteiger charge is -2.26. The van der Waals surface area contributed by atoms with Gasteiger partial charge >= 0.3 is 5.97 Å². The third-order valence-electron chi connectivity index (χ3n) is 6.02. The maximum absolute atomic E-state index is 13.3. The minimum atomic E-state index is -1.22. The normalized spacial score (nSPS) is 15.1. The van der Waals surface area contributed by atoms with Crippen LogP contribution < -0.4 is 10.1 Å². The first-order valence-electron chi connectivity index (χ1n) is 10.6. The fraction of sp³-hybridized carbons (Fsp3) is 0.240. The van der Waals surface area contributed by atoms with Crippen molar-refractivity contribution in [2.45, 2.75) is 37.8 Å². The van der Waals surface area contributed by atoms with Gasteiger partial charge in [-0.1, -0.05) is 55.3 Å². The zero-order valence-corrected chi connectivity index (χ0v) is 18.2. The fourth-order valence-electron chi connectivity index (χ4n) is 4.35. The molecule has 4 aromatic rings. The number of aromatic nitrogens is 1. The van der Waals surface area contributed by atoms with Crippen LogP contribution >= 0.6 is 11.3 Å². The Morgan fingerprint density at radius 1 is 1.03 bits per heavy atom. The molecule has 1 aliphatic carbocycles. The number of thiazole rings is 1. The number of para-hydroxylation sites is 1. The molecule has 1 saturated carbocycles. The van der Waals surface area contributed by atoms with E-state index in [1.54, 1.807) is 17.4 Å². The number of nitrogens with zero attached hydrogens (tertiary/aromatic N) is 1. The second-order valence-electron chi connectivity index (χ2n) is 8.08. The average Bonchev–Trinajstić information content (AvgIpc) is 3.44. The first-order valence-corrected chi connectivity index (χ1v) is 11.4. The molecule has 1 aliphatic rings. The molecule has 3 aromatic carbocycles. The monoisotopic (exact) mass is 446 g/mol. The van der Waals surface area contributed by atoms with Crippen LogP contribution in [0.15, 0.2) is 60.7 Å². The summed E-state index contributed by atoms with van der Waals surface area (Å²) < 4.78 is 7.26. The van der Waals surface area contributed by atoms with Crippen molar-refractivity contribution in [2.75, 3.05) is 0 Å². The smallest absolute Gasteiger partial charge is 0.329 e. The molecule has 6 nitrogen and oxygen atoms in total. The van der Waals surface area contributed by atoms with Crippen LogP contribution in [-0.2, 0) is 11.4 Å². The second kappa shape index (κ2) is 8.24. The number of benzene rings is 3. The number of hydrogen-bond acceptors (Lipinski definition) is 5. The van der Waals surface area contributed by atoms with E-state index in [-0.39, 0.29) is 6.61 Å². The first kappa shape index (κ1) is 20.5. The van der Waals surface area contributed by atoms with Crippen molar-refractivity contribution in [3.63, 3.8) is 0 Å². The second-order valence-corrected chi connectivity index (χ2v) is 9.19. The summed E-state index contributed by atoms with van der Waals surface area (Å²) in [5.41, 5.74) is 0.0292. The molecular weight excluding hydrogens is 424 g/mol. The Bertz CT molecular complexity index is 1290. The summed E-state index contributed by atoms with van der Waals surface area (Å²) in [5.74, 6) is -0.973. The number of fused-ring (bicyclic) bond motifs is 2. The molecule has 7 heteroatoms. The van der Waals surface area contributed by atoms with E-state index in [1.807, 2.05) is 54.6 Å². The van der Waals surface area contributed by atoms with Gasteiger partial charge < -0.3 is 15.2 Å². The topological polar surface area (TPSA) is 88.5 Å². The summed E-state index contributed by atoms with van der Waals surface area (Å²) in [6.07, 6.45) is 2.43. The summed E-state index contributed by atoms with van der Waals surface area (Å²) in [4.78, 5) is 29.8. The minimum absolute atomic E-state index is 0.220. The molecule has 0 unspecified atom stereocenters. The molecular formula is C25H22N2O4S. The Balaban J connectivity index is 1.49. The van der Waals surface area contributed by atoms with E-state index < -0.39 is 17.4 Å². The van der Waals surface area contributed by atoms with Gasteiger partial charge in [0.1, 0.15) is 22.9 Å². The summed E-state index contributed by atoms with van der Waals surface area (Å²) in [6, 6.07) is 19.1. The van der Waals surface area contributed by atoms with Gasteiger partial charge in [-0.2, -0.15) is 0 Å². The zero-order chi connectivity index (χ0) is 22.1.